The van der Waals surface area contributed by atoms with Crippen molar-refractivity contribution in [1.29, 1.82) is 0 Å². The Kier molecular flexibility index (Phi) is 8.69. The molecule has 0 radical (unpaired) electrons. The van der Waals surface area contributed by atoms with Crippen molar-refractivity contribution in [2.24, 2.45) is 0 Å². The van der Waals surface area contributed by atoms with E-state index in [0.717, 1.165) is 17.1 Å². The number of methoxy groups -OCH3 is 2. The molecule has 2 rings (SSSR count). The summed E-state index contributed by atoms with van der Waals surface area (Å²) >= 11 is 0. The maximum atomic E-state index is 5.35. The largest absolute Gasteiger partial charge is 0.497 e. The number of rotatable bonds is 5. The van der Waals surface area contributed by atoms with Gasteiger partial charge in [-0.05, 0) is 24.6 Å². The molecule has 2 aromatic rings. The molecule has 2 nitrogen and oxygen atoms in total. The Bertz CT molecular complexity index is 640. The van der Waals surface area contributed by atoms with E-state index in [1.165, 1.54) is 5.56 Å². The smallest absolute Gasteiger partial charge is 0.129 e. The molecule has 0 aliphatic heterocycles. The van der Waals surface area contributed by atoms with Crippen LogP contribution in [0.15, 0.2) is 73.3 Å². The first-order valence-electron chi connectivity index (χ1n) is 7.44. The number of hydrogen-bond acceptors (Lipinski definition) is 2. The fourth-order valence-corrected chi connectivity index (χ4v) is 1.85. The topological polar surface area (TPSA) is 18.5 Å². The highest BCUT2D eigenvalue weighted by Gasteiger charge is 2.00. The Balaban J connectivity index is 0.000000816. The second-order valence-corrected chi connectivity index (χ2v) is 4.65. The summed E-state index contributed by atoms with van der Waals surface area (Å²) in [5, 5.41) is 0. The van der Waals surface area contributed by atoms with Crippen LogP contribution >= 0.6 is 0 Å². The number of benzene rings is 2. The predicted molar refractivity (Wildman–Crippen MR) is 99.9 cm³/mol. The molecule has 120 valence electrons. The van der Waals surface area contributed by atoms with Gasteiger partial charge in [0.1, 0.15) is 11.5 Å². The Morgan fingerprint density at radius 1 is 0.870 bits per heavy atom. The first-order valence-corrected chi connectivity index (χ1v) is 7.44. The molecule has 0 N–H and O–H groups in total. The highest BCUT2D eigenvalue weighted by molar-refractivity contribution is 5.62. The molecule has 0 spiro atoms. The zero-order chi connectivity index (χ0) is 16.9. The monoisotopic (exact) mass is 308 g/mol. The molecular weight excluding hydrogens is 284 g/mol. The van der Waals surface area contributed by atoms with Crippen molar-refractivity contribution < 1.29 is 9.47 Å². The molecule has 0 saturated heterocycles. The van der Waals surface area contributed by atoms with Crippen LogP contribution in [-0.4, -0.2) is 14.2 Å². The van der Waals surface area contributed by atoms with Gasteiger partial charge in [-0.15, -0.1) is 6.58 Å². The van der Waals surface area contributed by atoms with Crippen LogP contribution in [0.4, 0.5) is 0 Å². The van der Waals surface area contributed by atoms with Crippen LogP contribution in [0.1, 0.15) is 18.1 Å². The Morgan fingerprint density at radius 2 is 1.52 bits per heavy atom. The van der Waals surface area contributed by atoms with Crippen LogP contribution in [0.5, 0.6) is 11.5 Å². The zero-order valence-electron chi connectivity index (χ0n) is 14.0. The maximum absolute atomic E-state index is 5.35. The van der Waals surface area contributed by atoms with Gasteiger partial charge in [0.05, 0.1) is 14.2 Å². The molecule has 2 aromatic carbocycles. The van der Waals surface area contributed by atoms with E-state index in [1.807, 2.05) is 61.5 Å². The average molecular weight is 308 g/mol. The quantitative estimate of drug-likeness (QED) is 0.527. The lowest BCUT2D eigenvalue weighted by Gasteiger charge is -2.06. The van der Waals surface area contributed by atoms with E-state index in [2.05, 4.69) is 24.8 Å². The van der Waals surface area contributed by atoms with Crippen molar-refractivity contribution in [3.63, 3.8) is 0 Å². The Morgan fingerprint density at radius 3 is 2.13 bits per heavy atom. The van der Waals surface area contributed by atoms with E-state index in [1.54, 1.807) is 20.3 Å². The van der Waals surface area contributed by atoms with Crippen LogP contribution in [0.25, 0.3) is 12.2 Å². The van der Waals surface area contributed by atoms with Gasteiger partial charge in [0, 0.05) is 11.6 Å². The molecule has 0 unspecified atom stereocenters. The van der Waals surface area contributed by atoms with Crippen LogP contribution < -0.4 is 9.47 Å². The molecule has 2 heteroatoms. The third-order valence-corrected chi connectivity index (χ3v) is 2.92. The van der Waals surface area contributed by atoms with E-state index in [4.69, 9.17) is 9.47 Å². The van der Waals surface area contributed by atoms with Crippen LogP contribution in [0, 0.1) is 0 Å². The molecule has 0 amide bonds. The minimum Gasteiger partial charge on any atom is -0.497 e. The normalized spacial score (nSPS) is 10.2. The Labute approximate surface area is 139 Å². The summed E-state index contributed by atoms with van der Waals surface area (Å²) in [4.78, 5) is 0. The standard InChI is InChI=1S/C18H18O2.C3H6/c1-19-17-13-12-16(18(14-17)20-2)11-7-6-10-15-8-4-3-5-9-15;1-3-2/h3-14H,1-2H3;3H,1H2,2H3/b10-6+,11-7+;. The van der Waals surface area contributed by atoms with Crippen LogP contribution in [0.3, 0.4) is 0 Å². The van der Waals surface area contributed by atoms with Gasteiger partial charge in [0.15, 0.2) is 0 Å². The molecule has 0 bridgehead atoms. The number of ether oxygens (including phenoxy) is 2. The van der Waals surface area contributed by atoms with Crippen LogP contribution in [-0.2, 0) is 0 Å². The first kappa shape index (κ1) is 18.3. The second kappa shape index (κ2) is 10.9. The summed E-state index contributed by atoms with van der Waals surface area (Å²) in [7, 11) is 3.30. The van der Waals surface area contributed by atoms with Gasteiger partial charge >= 0.3 is 0 Å². The van der Waals surface area contributed by atoms with E-state index in [-0.39, 0.29) is 0 Å². The van der Waals surface area contributed by atoms with Crippen molar-refractivity contribution in [1.82, 2.24) is 0 Å². The second-order valence-electron chi connectivity index (χ2n) is 4.65. The van der Waals surface area contributed by atoms with E-state index in [9.17, 15) is 0 Å². The molecule has 0 aromatic heterocycles. The lowest BCUT2D eigenvalue weighted by molar-refractivity contribution is 0.394. The van der Waals surface area contributed by atoms with E-state index < -0.39 is 0 Å². The third-order valence-electron chi connectivity index (χ3n) is 2.92. The summed E-state index contributed by atoms with van der Waals surface area (Å²) < 4.78 is 10.5. The fourth-order valence-electron chi connectivity index (χ4n) is 1.85. The lowest BCUT2D eigenvalue weighted by atomic mass is 10.1. The predicted octanol–water partition coefficient (Wildman–Crippen LogP) is 5.62. The van der Waals surface area contributed by atoms with Gasteiger partial charge < -0.3 is 9.47 Å². The van der Waals surface area contributed by atoms with Gasteiger partial charge in [-0.25, -0.2) is 0 Å². The fraction of sp³-hybridized carbons (Fsp3) is 0.143. The number of hydrogen-bond donors (Lipinski definition) is 0. The minimum absolute atomic E-state index is 0.791. The van der Waals surface area contributed by atoms with Crippen molar-refractivity contribution in [2.45, 2.75) is 6.92 Å². The van der Waals surface area contributed by atoms with E-state index in [0.29, 0.717) is 0 Å². The van der Waals surface area contributed by atoms with Crippen molar-refractivity contribution in [2.75, 3.05) is 14.2 Å². The summed E-state index contributed by atoms with van der Waals surface area (Å²) in [6.45, 7) is 5.25. The summed E-state index contributed by atoms with van der Waals surface area (Å²) in [6.07, 6.45) is 9.83. The van der Waals surface area contributed by atoms with Gasteiger partial charge in [0.2, 0.25) is 0 Å². The summed E-state index contributed by atoms with van der Waals surface area (Å²) in [5.74, 6) is 1.59. The van der Waals surface area contributed by atoms with Crippen LogP contribution in [0.2, 0.25) is 0 Å². The maximum Gasteiger partial charge on any atom is 0.129 e. The summed E-state index contributed by atoms with van der Waals surface area (Å²) in [6, 6.07) is 16.0. The van der Waals surface area contributed by atoms with Gasteiger partial charge in [-0.1, -0.05) is 60.7 Å². The third kappa shape index (κ3) is 6.70. The lowest BCUT2D eigenvalue weighted by Crippen LogP contribution is -1.89. The minimum atomic E-state index is 0.791. The molecular formula is C21H24O2. The summed E-state index contributed by atoms with van der Waals surface area (Å²) in [5.41, 5.74) is 2.20. The average Bonchev–Trinajstić information content (AvgIpc) is 2.60. The molecule has 0 heterocycles. The molecule has 0 fully saturated rings. The molecule has 0 aliphatic carbocycles. The number of allylic oxidation sites excluding steroid dienone is 3. The van der Waals surface area contributed by atoms with Crippen molar-refractivity contribution in [3.8, 4) is 11.5 Å². The molecule has 0 atom stereocenters. The highest BCUT2D eigenvalue weighted by atomic mass is 16.5. The van der Waals surface area contributed by atoms with Crippen molar-refractivity contribution >= 4 is 12.2 Å². The van der Waals surface area contributed by atoms with Crippen molar-refractivity contribution in [3.05, 3.63) is 84.5 Å². The van der Waals surface area contributed by atoms with Gasteiger partial charge in [0.25, 0.3) is 0 Å². The van der Waals surface area contributed by atoms with Gasteiger partial charge in [-0.2, -0.15) is 0 Å². The van der Waals surface area contributed by atoms with E-state index >= 15 is 0 Å². The molecule has 0 saturated carbocycles. The molecule has 0 aliphatic rings. The SMILES string of the molecule is C=CC.COc1ccc(/C=C/C=C/c2ccccc2)c(OC)c1. The molecule has 23 heavy (non-hydrogen) atoms. The van der Waals surface area contributed by atoms with Gasteiger partial charge in [-0.3, -0.25) is 0 Å². The Hall–Kier alpha value is -2.74. The first-order chi connectivity index (χ1) is 11.2. The zero-order valence-corrected chi connectivity index (χ0v) is 14.0. The highest BCUT2D eigenvalue weighted by Crippen LogP contribution is 2.25.